The number of nitrogens with one attached hydrogen (secondary N) is 1. The van der Waals surface area contributed by atoms with Gasteiger partial charge in [-0.25, -0.2) is 4.98 Å². The molecule has 0 unspecified atom stereocenters. The molecule has 1 heterocycles. The minimum absolute atomic E-state index is 0.535. The number of nitrogens with zero attached hydrogens (tertiary/aromatic N) is 1. The molecule has 106 valence electrons. The highest BCUT2D eigenvalue weighted by atomic mass is 14.8. The van der Waals surface area contributed by atoms with Crippen molar-refractivity contribution in [2.75, 3.05) is 13.1 Å². The van der Waals surface area contributed by atoms with Crippen molar-refractivity contribution >= 4 is 17.0 Å². The van der Waals surface area contributed by atoms with Gasteiger partial charge in [0.1, 0.15) is 0 Å². The van der Waals surface area contributed by atoms with Gasteiger partial charge in [-0.2, -0.15) is 0 Å². The summed E-state index contributed by atoms with van der Waals surface area (Å²) in [5.74, 6) is 0.535. The predicted molar refractivity (Wildman–Crippen MR) is 87.7 cm³/mol. The first-order valence-electron chi connectivity index (χ1n) is 7.47. The minimum atomic E-state index is 0.535. The molecular weight excluding hydrogens is 244 g/mol. The third kappa shape index (κ3) is 3.91. The second-order valence-electron chi connectivity index (χ2n) is 5.48. The van der Waals surface area contributed by atoms with Crippen LogP contribution in [0.3, 0.4) is 0 Å². The van der Waals surface area contributed by atoms with E-state index in [1.165, 1.54) is 17.4 Å². The van der Waals surface area contributed by atoms with Crippen molar-refractivity contribution in [3.05, 3.63) is 47.7 Å². The van der Waals surface area contributed by atoms with Gasteiger partial charge in [-0.1, -0.05) is 50.6 Å². The van der Waals surface area contributed by atoms with Gasteiger partial charge in [-0.15, -0.1) is 0 Å². The molecule has 0 saturated heterocycles. The summed E-state index contributed by atoms with van der Waals surface area (Å²) in [6, 6.07) is 12.5. The number of aromatic nitrogens is 1. The lowest BCUT2D eigenvalue weighted by atomic mass is 10.0. The van der Waals surface area contributed by atoms with Gasteiger partial charge in [-0.05, 0) is 37.1 Å². The molecule has 0 fully saturated rings. The van der Waals surface area contributed by atoms with Gasteiger partial charge in [0.05, 0.1) is 11.2 Å². The predicted octanol–water partition coefficient (Wildman–Crippen LogP) is 4.27. The third-order valence-electron chi connectivity index (χ3n) is 3.45. The Hall–Kier alpha value is -1.67. The molecule has 2 aromatic rings. The Bertz CT molecular complexity index is 585. The van der Waals surface area contributed by atoms with Crippen LogP contribution in [-0.4, -0.2) is 18.1 Å². The minimum Gasteiger partial charge on any atom is -0.313 e. The van der Waals surface area contributed by atoms with Gasteiger partial charge in [-0.3, -0.25) is 0 Å². The molecule has 20 heavy (non-hydrogen) atoms. The highest BCUT2D eigenvalue weighted by Crippen LogP contribution is 2.16. The monoisotopic (exact) mass is 268 g/mol. The molecule has 0 aliphatic rings. The lowest BCUT2D eigenvalue weighted by Gasteiger charge is -2.12. The fraction of sp³-hybridized carbons (Fsp3) is 0.389. The first kappa shape index (κ1) is 14.7. The molecule has 0 aliphatic heterocycles. The number of pyridine rings is 1. The number of hydrogen-bond acceptors (Lipinski definition) is 2. The van der Waals surface area contributed by atoms with E-state index in [0.717, 1.165) is 24.3 Å². The van der Waals surface area contributed by atoms with E-state index in [-0.39, 0.29) is 0 Å². The highest BCUT2D eigenvalue weighted by Gasteiger charge is 2.04. The van der Waals surface area contributed by atoms with Crippen LogP contribution in [0.4, 0.5) is 0 Å². The zero-order chi connectivity index (χ0) is 14.4. The Balaban J connectivity index is 2.23. The normalized spacial score (nSPS) is 12.3. The molecule has 2 heteroatoms. The standard InChI is InChI=1S/C18H24N2/c1-4-11-19-13-16(14(2)3)12-17-10-9-15-7-5-6-8-18(15)20-17/h5-10,12,14,19H,4,11,13H2,1-3H3. The SMILES string of the molecule is CCCNCC(=Cc1ccc2ccccc2n1)C(C)C. The van der Waals surface area contributed by atoms with E-state index >= 15 is 0 Å². The zero-order valence-corrected chi connectivity index (χ0v) is 12.7. The molecule has 1 aromatic carbocycles. The van der Waals surface area contributed by atoms with Gasteiger partial charge in [0.15, 0.2) is 0 Å². The van der Waals surface area contributed by atoms with Crippen molar-refractivity contribution in [3.63, 3.8) is 0 Å². The van der Waals surface area contributed by atoms with Crippen LogP contribution in [0.25, 0.3) is 17.0 Å². The lowest BCUT2D eigenvalue weighted by Crippen LogP contribution is -2.20. The summed E-state index contributed by atoms with van der Waals surface area (Å²) < 4.78 is 0. The van der Waals surface area contributed by atoms with Crippen molar-refractivity contribution in [1.29, 1.82) is 0 Å². The van der Waals surface area contributed by atoms with Gasteiger partial charge < -0.3 is 5.32 Å². The summed E-state index contributed by atoms with van der Waals surface area (Å²) in [5.41, 5.74) is 3.51. The van der Waals surface area contributed by atoms with Crippen LogP contribution in [0.1, 0.15) is 32.9 Å². The van der Waals surface area contributed by atoms with Crippen LogP contribution in [0.15, 0.2) is 42.0 Å². The van der Waals surface area contributed by atoms with E-state index in [4.69, 9.17) is 4.98 Å². The molecule has 0 radical (unpaired) electrons. The summed E-state index contributed by atoms with van der Waals surface area (Å²) >= 11 is 0. The quantitative estimate of drug-likeness (QED) is 0.791. The number of rotatable bonds is 6. The van der Waals surface area contributed by atoms with Gasteiger partial charge >= 0.3 is 0 Å². The summed E-state index contributed by atoms with van der Waals surface area (Å²) in [4.78, 5) is 4.72. The fourth-order valence-corrected chi connectivity index (χ4v) is 2.18. The third-order valence-corrected chi connectivity index (χ3v) is 3.45. The number of benzene rings is 1. The van der Waals surface area contributed by atoms with Crippen LogP contribution in [-0.2, 0) is 0 Å². The molecule has 0 bridgehead atoms. The summed E-state index contributed by atoms with van der Waals surface area (Å²) in [5, 5.41) is 4.67. The van der Waals surface area contributed by atoms with Crippen LogP contribution in [0, 0.1) is 5.92 Å². The van der Waals surface area contributed by atoms with Crippen molar-refractivity contribution in [1.82, 2.24) is 10.3 Å². The molecule has 2 nitrogen and oxygen atoms in total. The smallest absolute Gasteiger partial charge is 0.0709 e. The Morgan fingerprint density at radius 3 is 2.75 bits per heavy atom. The van der Waals surface area contributed by atoms with Crippen molar-refractivity contribution in [2.24, 2.45) is 5.92 Å². The molecular formula is C18H24N2. The number of fused-ring (bicyclic) bond motifs is 1. The van der Waals surface area contributed by atoms with E-state index in [2.05, 4.69) is 56.4 Å². The summed E-state index contributed by atoms with van der Waals surface area (Å²) in [6.45, 7) is 8.67. The molecule has 1 N–H and O–H groups in total. The molecule has 0 spiro atoms. The average molecular weight is 268 g/mol. The van der Waals surface area contributed by atoms with Crippen LogP contribution in [0.2, 0.25) is 0 Å². The zero-order valence-electron chi connectivity index (χ0n) is 12.7. The highest BCUT2D eigenvalue weighted by molar-refractivity contribution is 5.79. The summed E-state index contributed by atoms with van der Waals surface area (Å²) in [6.07, 6.45) is 3.39. The van der Waals surface area contributed by atoms with E-state index in [9.17, 15) is 0 Å². The van der Waals surface area contributed by atoms with Crippen molar-refractivity contribution in [2.45, 2.75) is 27.2 Å². The topological polar surface area (TPSA) is 24.9 Å². The second kappa shape index (κ2) is 7.20. The first-order chi connectivity index (χ1) is 9.70. The number of hydrogen-bond donors (Lipinski definition) is 1. The van der Waals surface area contributed by atoms with Gasteiger partial charge in [0.25, 0.3) is 0 Å². The number of para-hydroxylation sites is 1. The summed E-state index contributed by atoms with van der Waals surface area (Å²) in [7, 11) is 0. The maximum Gasteiger partial charge on any atom is 0.0709 e. The molecule has 0 saturated carbocycles. The molecule has 2 rings (SSSR count). The van der Waals surface area contributed by atoms with E-state index in [1.54, 1.807) is 0 Å². The van der Waals surface area contributed by atoms with E-state index in [1.807, 2.05) is 12.1 Å². The average Bonchev–Trinajstić information content (AvgIpc) is 2.46. The Labute approximate surface area is 121 Å². The first-order valence-corrected chi connectivity index (χ1v) is 7.47. The Morgan fingerprint density at radius 1 is 1.20 bits per heavy atom. The maximum atomic E-state index is 4.72. The largest absolute Gasteiger partial charge is 0.313 e. The second-order valence-corrected chi connectivity index (χ2v) is 5.48. The molecule has 0 aliphatic carbocycles. The Kier molecular flexibility index (Phi) is 5.31. The Morgan fingerprint density at radius 2 is 2.00 bits per heavy atom. The van der Waals surface area contributed by atoms with Crippen molar-refractivity contribution in [3.8, 4) is 0 Å². The van der Waals surface area contributed by atoms with E-state index in [0.29, 0.717) is 5.92 Å². The van der Waals surface area contributed by atoms with Crippen LogP contribution >= 0.6 is 0 Å². The maximum absolute atomic E-state index is 4.72. The van der Waals surface area contributed by atoms with Gasteiger partial charge in [0, 0.05) is 11.9 Å². The van der Waals surface area contributed by atoms with Crippen LogP contribution < -0.4 is 5.32 Å². The molecule has 0 amide bonds. The van der Waals surface area contributed by atoms with Crippen molar-refractivity contribution < 1.29 is 0 Å². The van der Waals surface area contributed by atoms with E-state index < -0.39 is 0 Å². The lowest BCUT2D eigenvalue weighted by molar-refractivity contribution is 0.656. The van der Waals surface area contributed by atoms with Crippen LogP contribution in [0.5, 0.6) is 0 Å². The molecule has 1 aromatic heterocycles. The van der Waals surface area contributed by atoms with Gasteiger partial charge in [0.2, 0.25) is 0 Å². The molecule has 0 atom stereocenters. The fourth-order valence-electron chi connectivity index (χ4n) is 2.18.